The quantitative estimate of drug-likeness (QED) is 0.524. The number of nitrogens with one attached hydrogen (secondary N) is 2. The van der Waals surface area contributed by atoms with Gasteiger partial charge in [0.05, 0.1) is 0 Å². The second-order valence-corrected chi connectivity index (χ2v) is 3.86. The van der Waals surface area contributed by atoms with Gasteiger partial charge in [-0.15, -0.1) is 0 Å². The van der Waals surface area contributed by atoms with Crippen LogP contribution in [-0.4, -0.2) is 31.8 Å². The largest absolute Gasteiger partial charge is 0.316 e. The topological polar surface area (TPSA) is 24.1 Å². The Morgan fingerprint density at radius 3 is 1.73 bits per heavy atom. The van der Waals surface area contributed by atoms with Gasteiger partial charge in [-0.25, -0.2) is 4.39 Å². The molecule has 0 aromatic rings. The van der Waals surface area contributed by atoms with Crippen LogP contribution in [0.15, 0.2) is 0 Å². The molecule has 0 aliphatic carbocycles. The fourth-order valence-corrected chi connectivity index (χ4v) is 2.14. The lowest BCUT2D eigenvalue weighted by molar-refractivity contribution is -0.0141. The van der Waals surface area contributed by atoms with Crippen molar-refractivity contribution in [3.05, 3.63) is 0 Å². The van der Waals surface area contributed by atoms with Gasteiger partial charge in [0.25, 0.3) is 0 Å². The summed E-state index contributed by atoms with van der Waals surface area (Å²) < 4.78 is 13.9. The second kappa shape index (κ2) is 2.42. The predicted octanol–water partition coefficient (Wildman–Crippen LogP) is 0.153. The fourth-order valence-electron chi connectivity index (χ4n) is 2.14. The number of alkyl halides is 1. The first-order valence-corrected chi connectivity index (χ1v) is 4.31. The molecule has 0 atom stereocenters. The minimum absolute atomic E-state index is 0.176. The number of piperidine rings is 2. The lowest BCUT2D eigenvalue weighted by Crippen LogP contribution is -2.62. The second-order valence-electron chi connectivity index (χ2n) is 3.86. The molecule has 0 unspecified atom stereocenters. The summed E-state index contributed by atoms with van der Waals surface area (Å²) in [4.78, 5) is 0. The first-order chi connectivity index (χ1) is 5.21. The van der Waals surface area contributed by atoms with Crippen LogP contribution in [0, 0.1) is 11.8 Å². The van der Waals surface area contributed by atoms with Gasteiger partial charge in [0.15, 0.2) is 0 Å². The molecule has 64 valence electrons. The Bertz CT molecular complexity index is 134. The molecule has 2 aliphatic rings. The molecule has 0 spiro atoms. The van der Waals surface area contributed by atoms with E-state index in [1.54, 1.807) is 6.92 Å². The van der Waals surface area contributed by atoms with Crippen LogP contribution in [0.2, 0.25) is 0 Å². The van der Waals surface area contributed by atoms with Gasteiger partial charge in [0.2, 0.25) is 0 Å². The van der Waals surface area contributed by atoms with Crippen LogP contribution >= 0.6 is 0 Å². The van der Waals surface area contributed by atoms with Gasteiger partial charge in [-0.3, -0.25) is 0 Å². The summed E-state index contributed by atoms with van der Waals surface area (Å²) in [6.07, 6.45) is 0. The molecule has 11 heavy (non-hydrogen) atoms. The molecule has 2 fully saturated rings. The highest BCUT2D eigenvalue weighted by molar-refractivity contribution is 5.00. The molecular weight excluding hydrogens is 143 g/mol. The van der Waals surface area contributed by atoms with Crippen molar-refractivity contribution in [2.45, 2.75) is 12.6 Å². The third-order valence-corrected chi connectivity index (χ3v) is 3.16. The number of fused-ring (bicyclic) bond motifs is 2. The highest BCUT2D eigenvalue weighted by atomic mass is 19.1. The molecule has 2 nitrogen and oxygen atoms in total. The Morgan fingerprint density at radius 1 is 1.09 bits per heavy atom. The summed E-state index contributed by atoms with van der Waals surface area (Å²) in [7, 11) is 0. The Balaban J connectivity index is 2.17. The van der Waals surface area contributed by atoms with Gasteiger partial charge in [0, 0.05) is 38.0 Å². The average Bonchev–Trinajstić information content (AvgIpc) is 1.82. The molecular formula is C8H15FN2. The van der Waals surface area contributed by atoms with Crippen molar-refractivity contribution in [3.63, 3.8) is 0 Å². The van der Waals surface area contributed by atoms with E-state index < -0.39 is 5.67 Å². The van der Waals surface area contributed by atoms with E-state index in [9.17, 15) is 4.39 Å². The molecule has 3 heteroatoms. The predicted molar refractivity (Wildman–Crippen MR) is 42.2 cm³/mol. The molecule has 0 amide bonds. The van der Waals surface area contributed by atoms with E-state index in [1.165, 1.54) is 0 Å². The molecule has 2 aliphatic heterocycles. The van der Waals surface area contributed by atoms with E-state index in [0.717, 1.165) is 26.2 Å². The monoisotopic (exact) mass is 158 g/mol. The van der Waals surface area contributed by atoms with Crippen molar-refractivity contribution in [2.24, 2.45) is 11.8 Å². The summed E-state index contributed by atoms with van der Waals surface area (Å²) in [5.74, 6) is 0.352. The zero-order chi connectivity index (χ0) is 7.90. The maximum atomic E-state index is 13.9. The van der Waals surface area contributed by atoms with Gasteiger partial charge in [-0.2, -0.15) is 0 Å². The summed E-state index contributed by atoms with van der Waals surface area (Å²) >= 11 is 0. The Morgan fingerprint density at radius 2 is 1.45 bits per heavy atom. The highest BCUT2D eigenvalue weighted by Crippen LogP contribution is 2.34. The highest BCUT2D eigenvalue weighted by Gasteiger charge is 2.46. The Hall–Kier alpha value is -0.150. The van der Waals surface area contributed by atoms with Crippen molar-refractivity contribution < 1.29 is 4.39 Å². The van der Waals surface area contributed by atoms with E-state index in [2.05, 4.69) is 10.6 Å². The van der Waals surface area contributed by atoms with Crippen LogP contribution in [-0.2, 0) is 0 Å². The maximum Gasteiger partial charge on any atom is 0.118 e. The Kier molecular flexibility index (Phi) is 1.65. The zero-order valence-electron chi connectivity index (χ0n) is 6.86. The number of halogens is 1. The molecule has 0 radical (unpaired) electrons. The van der Waals surface area contributed by atoms with Crippen molar-refractivity contribution >= 4 is 0 Å². The van der Waals surface area contributed by atoms with E-state index in [0.29, 0.717) is 0 Å². The lowest BCUT2D eigenvalue weighted by Gasteiger charge is -2.46. The van der Waals surface area contributed by atoms with Crippen molar-refractivity contribution in [3.8, 4) is 0 Å². The van der Waals surface area contributed by atoms with Crippen LogP contribution in [0.3, 0.4) is 0 Å². The number of hydrogen-bond acceptors (Lipinski definition) is 2. The average molecular weight is 158 g/mol. The van der Waals surface area contributed by atoms with E-state index in [4.69, 9.17) is 0 Å². The lowest BCUT2D eigenvalue weighted by atomic mass is 9.74. The molecule has 0 aromatic heterocycles. The van der Waals surface area contributed by atoms with Gasteiger partial charge in [-0.1, -0.05) is 0 Å². The standard InChI is InChI=1S/C8H15FN2/c1-8(9)6-2-10-4-7(8)5-11-3-6/h6-7,10-11H,2-5H2,1H3. The van der Waals surface area contributed by atoms with E-state index in [-0.39, 0.29) is 11.8 Å². The number of hydrogen-bond donors (Lipinski definition) is 2. The van der Waals surface area contributed by atoms with Crippen LogP contribution in [0.4, 0.5) is 4.39 Å². The minimum Gasteiger partial charge on any atom is -0.316 e. The van der Waals surface area contributed by atoms with E-state index >= 15 is 0 Å². The van der Waals surface area contributed by atoms with E-state index in [1.807, 2.05) is 0 Å². The third kappa shape index (κ3) is 1.07. The number of rotatable bonds is 0. The molecule has 2 rings (SSSR count). The van der Waals surface area contributed by atoms with Crippen LogP contribution in [0.25, 0.3) is 0 Å². The summed E-state index contributed by atoms with van der Waals surface area (Å²) in [6, 6.07) is 0. The molecule has 2 N–H and O–H groups in total. The Labute approximate surface area is 66.5 Å². The summed E-state index contributed by atoms with van der Waals surface area (Å²) in [5.41, 5.74) is -0.934. The van der Waals surface area contributed by atoms with Crippen LogP contribution in [0.5, 0.6) is 0 Å². The van der Waals surface area contributed by atoms with Crippen LogP contribution in [0.1, 0.15) is 6.92 Å². The fraction of sp³-hybridized carbons (Fsp3) is 1.00. The van der Waals surface area contributed by atoms with Gasteiger partial charge in [0.1, 0.15) is 5.67 Å². The molecule has 0 aromatic carbocycles. The third-order valence-electron chi connectivity index (χ3n) is 3.16. The maximum absolute atomic E-state index is 13.9. The smallest absolute Gasteiger partial charge is 0.118 e. The van der Waals surface area contributed by atoms with Gasteiger partial charge < -0.3 is 10.6 Å². The normalized spacial score (nSPS) is 50.7. The van der Waals surface area contributed by atoms with Crippen molar-refractivity contribution in [1.82, 2.24) is 10.6 Å². The molecule has 0 saturated carbocycles. The molecule has 2 saturated heterocycles. The summed E-state index contributed by atoms with van der Waals surface area (Å²) in [6.45, 7) is 5.07. The van der Waals surface area contributed by atoms with Crippen LogP contribution < -0.4 is 10.6 Å². The molecule has 2 bridgehead atoms. The zero-order valence-corrected chi connectivity index (χ0v) is 6.86. The molecule has 2 heterocycles. The van der Waals surface area contributed by atoms with Crippen molar-refractivity contribution in [1.29, 1.82) is 0 Å². The van der Waals surface area contributed by atoms with Gasteiger partial charge >= 0.3 is 0 Å². The van der Waals surface area contributed by atoms with Gasteiger partial charge in [-0.05, 0) is 6.92 Å². The first-order valence-electron chi connectivity index (χ1n) is 4.31. The first kappa shape index (κ1) is 7.50. The minimum atomic E-state index is -0.934. The summed E-state index contributed by atoms with van der Waals surface area (Å²) in [5, 5.41) is 6.52. The van der Waals surface area contributed by atoms with Crippen molar-refractivity contribution in [2.75, 3.05) is 26.2 Å². The SMILES string of the molecule is CC1(F)C2CNCC1CNC2.